The van der Waals surface area contributed by atoms with Crippen molar-refractivity contribution in [2.24, 2.45) is 0 Å². The van der Waals surface area contributed by atoms with Crippen LogP contribution in [0.4, 0.5) is 0 Å². The monoisotopic (exact) mass is 553 g/mol. The first kappa shape index (κ1) is 29.2. The summed E-state index contributed by atoms with van der Waals surface area (Å²) in [6.45, 7) is 4.64. The van der Waals surface area contributed by atoms with Crippen LogP contribution < -0.4 is 19.5 Å². The molecule has 0 aliphatic heterocycles. The van der Waals surface area contributed by atoms with Gasteiger partial charge in [-0.3, -0.25) is 4.57 Å². The molecule has 210 valence electrons. The highest BCUT2D eigenvalue weighted by atomic mass is 31.2. The van der Waals surface area contributed by atoms with Crippen molar-refractivity contribution < 1.29 is 28.4 Å². The Morgan fingerprint density at radius 2 is 1.59 bits per heavy atom. The molecule has 0 aromatic heterocycles. The van der Waals surface area contributed by atoms with Crippen molar-refractivity contribution >= 4 is 7.37 Å². The molecule has 1 aliphatic rings. The van der Waals surface area contributed by atoms with E-state index in [2.05, 4.69) is 5.32 Å². The molecule has 7 nitrogen and oxygen atoms in total. The van der Waals surface area contributed by atoms with Crippen LogP contribution in [-0.4, -0.2) is 42.1 Å². The van der Waals surface area contributed by atoms with E-state index >= 15 is 0 Å². The van der Waals surface area contributed by atoms with Crippen molar-refractivity contribution in [1.29, 1.82) is 0 Å². The molecule has 39 heavy (non-hydrogen) atoms. The van der Waals surface area contributed by atoms with Crippen molar-refractivity contribution in [3.05, 3.63) is 90.5 Å². The summed E-state index contributed by atoms with van der Waals surface area (Å²) in [4.78, 5) is 0. The van der Waals surface area contributed by atoms with Crippen LogP contribution in [0.2, 0.25) is 0 Å². The van der Waals surface area contributed by atoms with Crippen molar-refractivity contribution in [3.63, 3.8) is 0 Å². The van der Waals surface area contributed by atoms with Gasteiger partial charge < -0.3 is 29.2 Å². The van der Waals surface area contributed by atoms with Gasteiger partial charge in [-0.2, -0.15) is 0 Å². The molecule has 0 saturated heterocycles. The van der Waals surface area contributed by atoms with Crippen LogP contribution in [0.3, 0.4) is 0 Å². The molecule has 3 aromatic carbocycles. The van der Waals surface area contributed by atoms with Gasteiger partial charge in [0.25, 0.3) is 7.37 Å². The zero-order valence-corrected chi connectivity index (χ0v) is 23.7. The second kappa shape index (κ2) is 14.0. The smallest absolute Gasteiger partial charge is 0.258 e. The quantitative estimate of drug-likeness (QED) is 0.217. The lowest BCUT2D eigenvalue weighted by Gasteiger charge is -2.45. The summed E-state index contributed by atoms with van der Waals surface area (Å²) in [5, 5.41) is 12.6. The molecule has 4 unspecified atom stereocenters. The molecule has 1 saturated carbocycles. The number of ether oxygens (including phenoxy) is 3. The Hall–Kier alpha value is -2.83. The Bertz CT molecular complexity index is 1170. The van der Waals surface area contributed by atoms with Gasteiger partial charge in [-0.05, 0) is 75.1 Å². The molecule has 4 atom stereocenters. The second-order valence-electron chi connectivity index (χ2n) is 10.0. The average molecular weight is 554 g/mol. The zero-order chi connectivity index (χ0) is 27.6. The van der Waals surface area contributed by atoms with Gasteiger partial charge in [0.2, 0.25) is 0 Å². The highest BCUT2D eigenvalue weighted by Crippen LogP contribution is 2.63. The SMILES string of the molecule is CCOP(=O)(COc1ccccc1)C1(NCC(C)O)CCCC(Oc2ccc(OCc3ccccc3)cc2)C1. The van der Waals surface area contributed by atoms with Gasteiger partial charge in [-0.1, -0.05) is 48.5 Å². The average Bonchev–Trinajstić information content (AvgIpc) is 2.96. The molecule has 2 N–H and O–H groups in total. The minimum atomic E-state index is -3.38. The van der Waals surface area contributed by atoms with E-state index in [1.165, 1.54) is 0 Å². The summed E-state index contributed by atoms with van der Waals surface area (Å²) < 4.78 is 38.8. The molecule has 3 aromatic rings. The largest absolute Gasteiger partial charge is 0.490 e. The van der Waals surface area contributed by atoms with Crippen LogP contribution in [0.5, 0.6) is 17.2 Å². The maximum absolute atomic E-state index is 14.5. The Kier molecular flexibility index (Phi) is 10.5. The summed E-state index contributed by atoms with van der Waals surface area (Å²) in [6, 6.07) is 27.0. The minimum Gasteiger partial charge on any atom is -0.490 e. The Labute approximate surface area is 231 Å². The standard InChI is InChI=1S/C31H40NO6P/c1-3-37-39(34,24-36-27-13-8-5-9-14-27)31(32-22-25(2)33)20-10-15-30(21-31)38-29-18-16-28(17-19-29)35-23-26-11-6-4-7-12-26/h4-9,11-14,16-19,25,30,32-33H,3,10,15,20-24H2,1-2H3. The minimum absolute atomic E-state index is 0.0577. The maximum atomic E-state index is 14.5. The van der Waals surface area contributed by atoms with Crippen molar-refractivity contribution in [1.82, 2.24) is 5.32 Å². The van der Waals surface area contributed by atoms with Crippen LogP contribution in [0, 0.1) is 0 Å². The van der Waals surface area contributed by atoms with E-state index in [0.717, 1.165) is 29.9 Å². The van der Waals surface area contributed by atoms with E-state index in [1.54, 1.807) is 6.92 Å². The van der Waals surface area contributed by atoms with Gasteiger partial charge in [-0.15, -0.1) is 0 Å². The molecule has 0 spiro atoms. The lowest BCUT2D eigenvalue weighted by Crippen LogP contribution is -2.53. The van der Waals surface area contributed by atoms with Gasteiger partial charge in [0, 0.05) is 13.0 Å². The van der Waals surface area contributed by atoms with Gasteiger partial charge in [-0.25, -0.2) is 0 Å². The fourth-order valence-corrected chi connectivity index (χ4v) is 7.57. The molecular weight excluding hydrogens is 513 g/mol. The lowest BCUT2D eigenvalue weighted by atomic mass is 9.91. The number of hydrogen-bond acceptors (Lipinski definition) is 7. The van der Waals surface area contributed by atoms with Gasteiger partial charge in [0.05, 0.1) is 12.7 Å². The summed E-state index contributed by atoms with van der Waals surface area (Å²) in [6.07, 6.45) is 1.91. The first-order valence-corrected chi connectivity index (χ1v) is 15.5. The molecule has 0 radical (unpaired) electrons. The number of nitrogens with one attached hydrogen (secondary N) is 1. The third-order valence-electron chi connectivity index (χ3n) is 6.92. The fraction of sp³-hybridized carbons (Fsp3) is 0.419. The van der Waals surface area contributed by atoms with E-state index in [9.17, 15) is 9.67 Å². The first-order valence-electron chi connectivity index (χ1n) is 13.7. The highest BCUT2D eigenvalue weighted by Gasteiger charge is 2.52. The van der Waals surface area contributed by atoms with Crippen molar-refractivity contribution in [3.8, 4) is 17.2 Å². The maximum Gasteiger partial charge on any atom is 0.258 e. The van der Waals surface area contributed by atoms with Gasteiger partial charge in [0.15, 0.2) is 6.35 Å². The van der Waals surface area contributed by atoms with Crippen LogP contribution in [0.15, 0.2) is 84.9 Å². The third kappa shape index (κ3) is 8.09. The molecular formula is C31H40NO6P. The Morgan fingerprint density at radius 1 is 0.949 bits per heavy atom. The number of aliphatic hydroxyl groups is 1. The second-order valence-corrected chi connectivity index (χ2v) is 12.7. The molecule has 1 fully saturated rings. The molecule has 0 amide bonds. The van der Waals surface area contributed by atoms with E-state index < -0.39 is 18.8 Å². The number of para-hydroxylation sites is 1. The predicted octanol–water partition coefficient (Wildman–Crippen LogP) is 6.60. The molecule has 0 heterocycles. The normalized spacial score (nSPS) is 21.5. The van der Waals surface area contributed by atoms with E-state index in [1.807, 2.05) is 91.9 Å². The third-order valence-corrected chi connectivity index (χ3v) is 9.93. The van der Waals surface area contributed by atoms with Crippen LogP contribution in [0.1, 0.15) is 45.1 Å². The topological polar surface area (TPSA) is 86.3 Å². The number of benzene rings is 3. The Morgan fingerprint density at radius 3 is 2.26 bits per heavy atom. The van der Waals surface area contributed by atoms with E-state index in [-0.39, 0.29) is 12.5 Å². The van der Waals surface area contributed by atoms with Crippen LogP contribution in [-0.2, 0) is 15.7 Å². The van der Waals surface area contributed by atoms with Crippen molar-refractivity contribution in [2.45, 2.75) is 63.6 Å². The zero-order valence-electron chi connectivity index (χ0n) is 22.8. The van der Waals surface area contributed by atoms with Gasteiger partial charge >= 0.3 is 0 Å². The fourth-order valence-electron chi connectivity index (χ4n) is 4.95. The summed E-state index contributed by atoms with van der Waals surface area (Å²) in [5.41, 5.74) is 1.11. The van der Waals surface area contributed by atoms with Gasteiger partial charge in [0.1, 0.15) is 35.2 Å². The predicted molar refractivity (Wildman–Crippen MR) is 154 cm³/mol. The van der Waals surface area contributed by atoms with Crippen LogP contribution in [0.25, 0.3) is 0 Å². The molecule has 1 aliphatic carbocycles. The number of aliphatic hydroxyl groups excluding tert-OH is 1. The Balaban J connectivity index is 1.46. The molecule has 8 heteroatoms. The highest BCUT2D eigenvalue weighted by molar-refractivity contribution is 7.60. The van der Waals surface area contributed by atoms with E-state index in [4.69, 9.17) is 18.7 Å². The number of rotatable bonds is 14. The molecule has 4 rings (SSSR count). The number of hydrogen-bond donors (Lipinski definition) is 2. The van der Waals surface area contributed by atoms with E-state index in [0.29, 0.717) is 38.3 Å². The summed E-state index contributed by atoms with van der Waals surface area (Å²) in [7, 11) is -3.38. The molecule has 0 bridgehead atoms. The van der Waals surface area contributed by atoms with Crippen molar-refractivity contribution in [2.75, 3.05) is 19.5 Å². The van der Waals surface area contributed by atoms with Crippen LogP contribution >= 0.6 is 7.37 Å². The lowest BCUT2D eigenvalue weighted by molar-refractivity contribution is 0.0999. The first-order chi connectivity index (χ1) is 18.9. The summed E-state index contributed by atoms with van der Waals surface area (Å²) in [5.74, 6) is 2.13. The summed E-state index contributed by atoms with van der Waals surface area (Å²) >= 11 is 0.